The summed E-state index contributed by atoms with van der Waals surface area (Å²) in [4.78, 5) is 22.5. The molecule has 7 heteroatoms. The van der Waals surface area contributed by atoms with Crippen molar-refractivity contribution in [3.8, 4) is 11.5 Å². The van der Waals surface area contributed by atoms with E-state index in [1.54, 1.807) is 6.07 Å². The first-order chi connectivity index (χ1) is 11.0. The van der Waals surface area contributed by atoms with E-state index in [1.807, 2.05) is 0 Å². The molecule has 0 bridgehead atoms. The van der Waals surface area contributed by atoms with Gasteiger partial charge in [-0.1, -0.05) is 19.8 Å². The van der Waals surface area contributed by atoms with Crippen molar-refractivity contribution in [2.45, 2.75) is 38.6 Å². The highest BCUT2D eigenvalue weighted by Gasteiger charge is 2.23. The van der Waals surface area contributed by atoms with E-state index in [2.05, 4.69) is 12.2 Å². The quantitative estimate of drug-likeness (QED) is 0.642. The zero-order valence-electron chi connectivity index (χ0n) is 13.4. The molecule has 1 N–H and O–H groups in total. The van der Waals surface area contributed by atoms with Crippen LogP contribution in [0.1, 0.15) is 32.6 Å². The van der Waals surface area contributed by atoms with Crippen molar-refractivity contribution in [2.24, 2.45) is 5.92 Å². The lowest BCUT2D eigenvalue weighted by atomic mass is 9.86. The van der Waals surface area contributed by atoms with Crippen LogP contribution in [0.25, 0.3) is 0 Å². The van der Waals surface area contributed by atoms with E-state index in [0.29, 0.717) is 11.7 Å². The molecular weight excluding hydrogens is 300 g/mol. The molecule has 0 aromatic heterocycles. The average Bonchev–Trinajstić information content (AvgIpc) is 2.54. The van der Waals surface area contributed by atoms with Gasteiger partial charge in [-0.3, -0.25) is 14.9 Å². The lowest BCUT2D eigenvalue weighted by Gasteiger charge is -2.29. The SMILES string of the molecule is COc1ccc(OCC(=O)N[C@@H]2CCCC[C@@H]2C)c([N+](=O)[O-])c1. The molecule has 2 rings (SSSR count). The molecule has 0 aliphatic heterocycles. The Kier molecular flexibility index (Phi) is 5.78. The monoisotopic (exact) mass is 322 g/mol. The molecular formula is C16H22N2O5. The Morgan fingerprint density at radius 3 is 2.78 bits per heavy atom. The van der Waals surface area contributed by atoms with Gasteiger partial charge in [-0.2, -0.15) is 0 Å². The molecule has 1 amide bonds. The first kappa shape index (κ1) is 17.1. The van der Waals surface area contributed by atoms with Gasteiger partial charge >= 0.3 is 5.69 Å². The van der Waals surface area contributed by atoms with E-state index in [-0.39, 0.29) is 30.0 Å². The van der Waals surface area contributed by atoms with Crippen molar-refractivity contribution in [1.29, 1.82) is 0 Å². The second kappa shape index (κ2) is 7.80. The first-order valence-corrected chi connectivity index (χ1v) is 7.76. The smallest absolute Gasteiger partial charge is 0.314 e. The molecule has 0 unspecified atom stereocenters. The van der Waals surface area contributed by atoms with Crippen LogP contribution >= 0.6 is 0 Å². The topological polar surface area (TPSA) is 90.7 Å². The van der Waals surface area contributed by atoms with Gasteiger partial charge in [-0.15, -0.1) is 0 Å². The number of nitrogens with zero attached hydrogens (tertiary/aromatic N) is 1. The Bertz CT molecular complexity index is 576. The number of rotatable bonds is 6. The van der Waals surface area contributed by atoms with Crippen LogP contribution in [0.5, 0.6) is 11.5 Å². The Morgan fingerprint density at radius 2 is 2.13 bits per heavy atom. The predicted molar refractivity (Wildman–Crippen MR) is 84.7 cm³/mol. The maximum Gasteiger partial charge on any atom is 0.314 e. The summed E-state index contributed by atoms with van der Waals surface area (Å²) in [7, 11) is 1.43. The summed E-state index contributed by atoms with van der Waals surface area (Å²) in [5, 5.41) is 14.0. The van der Waals surface area contributed by atoms with Crippen LogP contribution in [0.2, 0.25) is 0 Å². The fourth-order valence-corrected chi connectivity index (χ4v) is 2.81. The summed E-state index contributed by atoms with van der Waals surface area (Å²) in [5.74, 6) is 0.615. The van der Waals surface area contributed by atoms with Crippen LogP contribution < -0.4 is 14.8 Å². The number of hydrogen-bond donors (Lipinski definition) is 1. The molecule has 2 atom stereocenters. The van der Waals surface area contributed by atoms with Gasteiger partial charge in [0.25, 0.3) is 5.91 Å². The molecule has 126 valence electrons. The largest absolute Gasteiger partial charge is 0.496 e. The maximum atomic E-state index is 12.0. The van der Waals surface area contributed by atoms with Crippen molar-refractivity contribution < 1.29 is 19.2 Å². The maximum absolute atomic E-state index is 12.0. The second-order valence-corrected chi connectivity index (χ2v) is 5.82. The minimum atomic E-state index is -0.557. The van der Waals surface area contributed by atoms with Crippen LogP contribution in [-0.4, -0.2) is 30.6 Å². The molecule has 0 heterocycles. The summed E-state index contributed by atoms with van der Waals surface area (Å²) >= 11 is 0. The average molecular weight is 322 g/mol. The zero-order valence-corrected chi connectivity index (χ0v) is 13.4. The molecule has 1 saturated carbocycles. The fraction of sp³-hybridized carbons (Fsp3) is 0.562. The van der Waals surface area contributed by atoms with Gasteiger partial charge < -0.3 is 14.8 Å². The highest BCUT2D eigenvalue weighted by Crippen LogP contribution is 2.31. The van der Waals surface area contributed by atoms with Gasteiger partial charge in [0.2, 0.25) is 0 Å². The Hall–Kier alpha value is -2.31. The van der Waals surface area contributed by atoms with Crippen LogP contribution in [0.4, 0.5) is 5.69 Å². The van der Waals surface area contributed by atoms with E-state index < -0.39 is 4.92 Å². The number of nitro benzene ring substituents is 1. The van der Waals surface area contributed by atoms with Gasteiger partial charge in [0, 0.05) is 6.04 Å². The first-order valence-electron chi connectivity index (χ1n) is 7.76. The molecule has 0 saturated heterocycles. The summed E-state index contributed by atoms with van der Waals surface area (Å²) in [6.07, 6.45) is 4.38. The third-order valence-corrected chi connectivity index (χ3v) is 4.18. The van der Waals surface area contributed by atoms with Crippen molar-refractivity contribution in [3.63, 3.8) is 0 Å². The van der Waals surface area contributed by atoms with Crippen LogP contribution in [0.3, 0.4) is 0 Å². The molecule has 1 aromatic carbocycles. The van der Waals surface area contributed by atoms with Crippen molar-refractivity contribution in [1.82, 2.24) is 5.32 Å². The van der Waals surface area contributed by atoms with Crippen molar-refractivity contribution in [2.75, 3.05) is 13.7 Å². The Balaban J connectivity index is 1.94. The standard InChI is InChI=1S/C16H22N2O5/c1-11-5-3-4-6-13(11)17-16(19)10-23-15-8-7-12(22-2)9-14(15)18(20)21/h7-9,11,13H,3-6,10H2,1-2H3,(H,17,19)/t11-,13+/m0/s1. The lowest BCUT2D eigenvalue weighted by molar-refractivity contribution is -0.385. The third kappa shape index (κ3) is 4.58. The van der Waals surface area contributed by atoms with E-state index in [0.717, 1.165) is 19.3 Å². The number of amides is 1. The van der Waals surface area contributed by atoms with Crippen molar-refractivity contribution in [3.05, 3.63) is 28.3 Å². The van der Waals surface area contributed by atoms with Crippen LogP contribution in [0.15, 0.2) is 18.2 Å². The van der Waals surface area contributed by atoms with Crippen molar-refractivity contribution >= 4 is 11.6 Å². The molecule has 1 aromatic rings. The third-order valence-electron chi connectivity index (χ3n) is 4.18. The number of ether oxygens (including phenoxy) is 2. The number of hydrogen-bond acceptors (Lipinski definition) is 5. The Morgan fingerprint density at radius 1 is 1.39 bits per heavy atom. The second-order valence-electron chi connectivity index (χ2n) is 5.82. The van der Waals surface area contributed by atoms with Gasteiger partial charge in [0.1, 0.15) is 5.75 Å². The number of carbonyl (C=O) groups excluding carboxylic acids is 1. The van der Waals surface area contributed by atoms with E-state index in [4.69, 9.17) is 9.47 Å². The highest BCUT2D eigenvalue weighted by molar-refractivity contribution is 5.78. The number of nitro groups is 1. The van der Waals surface area contributed by atoms with Gasteiger partial charge in [0.05, 0.1) is 18.1 Å². The van der Waals surface area contributed by atoms with Gasteiger partial charge in [-0.25, -0.2) is 0 Å². The Labute approximate surface area is 135 Å². The van der Waals surface area contributed by atoms with E-state index >= 15 is 0 Å². The summed E-state index contributed by atoms with van der Waals surface area (Å²) < 4.78 is 10.3. The molecule has 0 radical (unpaired) electrons. The predicted octanol–water partition coefficient (Wildman–Crippen LogP) is 2.68. The van der Waals surface area contributed by atoms with Crippen LogP contribution in [-0.2, 0) is 4.79 Å². The molecule has 1 aliphatic rings. The molecule has 23 heavy (non-hydrogen) atoms. The van der Waals surface area contributed by atoms with E-state index in [9.17, 15) is 14.9 Å². The number of nitrogens with one attached hydrogen (secondary N) is 1. The minimum Gasteiger partial charge on any atom is -0.496 e. The molecule has 7 nitrogen and oxygen atoms in total. The van der Waals surface area contributed by atoms with Gasteiger partial charge in [-0.05, 0) is 30.9 Å². The number of methoxy groups -OCH3 is 1. The fourth-order valence-electron chi connectivity index (χ4n) is 2.81. The molecule has 1 aliphatic carbocycles. The molecule has 1 fully saturated rings. The number of benzene rings is 1. The molecule has 0 spiro atoms. The normalized spacial score (nSPS) is 20.6. The highest BCUT2D eigenvalue weighted by atomic mass is 16.6. The van der Waals surface area contributed by atoms with Crippen LogP contribution in [0, 0.1) is 16.0 Å². The summed E-state index contributed by atoms with van der Waals surface area (Å²) in [6, 6.07) is 4.43. The number of carbonyl (C=O) groups is 1. The lowest BCUT2D eigenvalue weighted by Crippen LogP contribution is -2.43. The zero-order chi connectivity index (χ0) is 16.8. The summed E-state index contributed by atoms with van der Waals surface area (Å²) in [5.41, 5.74) is -0.219. The summed E-state index contributed by atoms with van der Waals surface area (Å²) in [6.45, 7) is 1.88. The van der Waals surface area contributed by atoms with E-state index in [1.165, 1.54) is 25.7 Å². The minimum absolute atomic E-state index is 0.0580. The van der Waals surface area contributed by atoms with Gasteiger partial charge in [0.15, 0.2) is 12.4 Å².